The standard InChI is InChI=1S/C50H64FN7O7S/c1-34-12-16-50(29-34,37-6-4-5-7-37)42-30-48(2,3)15-13-36(42)32-56-20-22-57(23-21-56)38-8-10-41(45(27-38)65-39-26-35-14-19-52-46(35)53-31-39)47(59)55-66(62,63)40-9-11-43(44(28-40)58(60)61)54-33-49(51)17-24-64-25-18-49/h8-11,14,19,26-28,31,34,37,54H,4-7,12-13,15-18,20-25,29-30,32-33H2,1-3H3,(H,52,53)(H,55,59). The molecule has 4 fully saturated rings. The molecule has 66 heavy (non-hydrogen) atoms. The van der Waals surface area contributed by atoms with Crippen molar-refractivity contribution in [2.75, 3.05) is 62.7 Å². The lowest BCUT2D eigenvalue weighted by Crippen LogP contribution is -2.47. The van der Waals surface area contributed by atoms with Crippen LogP contribution in [0.3, 0.4) is 0 Å². The van der Waals surface area contributed by atoms with Crippen LogP contribution in [0.5, 0.6) is 11.5 Å². The number of anilines is 2. The molecule has 354 valence electrons. The molecule has 2 atom stereocenters. The Morgan fingerprint density at radius 2 is 1.79 bits per heavy atom. The average molecular weight is 926 g/mol. The van der Waals surface area contributed by atoms with Crippen LogP contribution in [0, 0.1) is 32.8 Å². The molecule has 9 rings (SSSR count). The van der Waals surface area contributed by atoms with Gasteiger partial charge in [0.05, 0.1) is 21.6 Å². The Kier molecular flexibility index (Phi) is 12.9. The van der Waals surface area contributed by atoms with Crippen LogP contribution in [0.4, 0.5) is 21.5 Å². The summed E-state index contributed by atoms with van der Waals surface area (Å²) in [5.74, 6) is 1.09. The number of aromatic amines is 1. The van der Waals surface area contributed by atoms with Gasteiger partial charge in [-0.15, -0.1) is 0 Å². The third-order valence-corrected chi connectivity index (χ3v) is 16.7. The number of allylic oxidation sites excluding steroid dienone is 1. The first-order chi connectivity index (χ1) is 31.6. The molecule has 3 aliphatic carbocycles. The van der Waals surface area contributed by atoms with Crippen LogP contribution in [0.1, 0.15) is 108 Å². The van der Waals surface area contributed by atoms with Crippen LogP contribution in [0.25, 0.3) is 11.0 Å². The molecular weight excluding hydrogens is 862 g/mol. The summed E-state index contributed by atoms with van der Waals surface area (Å²) in [5, 5.41) is 15.7. The maximum atomic E-state index is 15.3. The Bertz CT molecular complexity index is 2600. The monoisotopic (exact) mass is 925 g/mol. The van der Waals surface area contributed by atoms with Crippen molar-refractivity contribution in [1.82, 2.24) is 19.6 Å². The van der Waals surface area contributed by atoms with Crippen LogP contribution < -0.4 is 19.7 Å². The fraction of sp³-hybridized carbons (Fsp3) is 0.560. The van der Waals surface area contributed by atoms with Crippen molar-refractivity contribution < 1.29 is 32.0 Å². The van der Waals surface area contributed by atoms with Crippen LogP contribution in [0.2, 0.25) is 0 Å². The lowest BCUT2D eigenvalue weighted by molar-refractivity contribution is -0.384. The van der Waals surface area contributed by atoms with E-state index in [0.29, 0.717) is 22.2 Å². The second-order valence-electron chi connectivity index (χ2n) is 20.5. The number of H-pyrrole nitrogens is 1. The zero-order valence-electron chi connectivity index (χ0n) is 38.5. The Hall–Kier alpha value is -5.06. The first-order valence-electron chi connectivity index (χ1n) is 23.9. The van der Waals surface area contributed by atoms with Gasteiger partial charge in [0.15, 0.2) is 0 Å². The highest BCUT2D eigenvalue weighted by atomic mass is 32.2. The molecule has 2 aromatic carbocycles. The maximum absolute atomic E-state index is 15.3. The predicted molar refractivity (Wildman–Crippen MR) is 253 cm³/mol. The number of nitro groups is 1. The number of rotatable bonds is 14. The molecule has 2 saturated heterocycles. The summed E-state index contributed by atoms with van der Waals surface area (Å²) in [6.45, 7) is 12.0. The van der Waals surface area contributed by atoms with E-state index < -0.39 is 37.1 Å². The normalized spacial score (nSPS) is 23.9. The average Bonchev–Trinajstić information content (AvgIpc) is 4.09. The van der Waals surface area contributed by atoms with E-state index >= 15 is 4.39 Å². The summed E-state index contributed by atoms with van der Waals surface area (Å²) in [4.78, 5) is 37.3. The molecule has 4 heterocycles. The maximum Gasteiger partial charge on any atom is 0.293 e. The number of nitro benzene ring substituents is 1. The highest BCUT2D eigenvalue weighted by molar-refractivity contribution is 7.90. The van der Waals surface area contributed by atoms with Crippen LogP contribution in [-0.2, 0) is 14.8 Å². The Morgan fingerprint density at radius 1 is 1.02 bits per heavy atom. The summed E-state index contributed by atoms with van der Waals surface area (Å²) in [7, 11) is -4.63. The minimum Gasteiger partial charge on any atom is -0.455 e. The number of hydrogen-bond donors (Lipinski definition) is 3. The zero-order chi connectivity index (χ0) is 46.3. The largest absolute Gasteiger partial charge is 0.455 e. The number of carbonyl (C=O) groups excluding carboxylic acids is 1. The smallest absolute Gasteiger partial charge is 0.293 e. The van der Waals surface area contributed by atoms with E-state index in [4.69, 9.17) is 9.47 Å². The SMILES string of the molecule is CC1CCC(C2=C(CN3CCN(c4ccc(C(=O)NS(=O)(=O)c5ccc(NCC6(F)CCOCC6)c([N+](=O)[O-])c5)c(Oc5cnc6[nH]ccc6c5)c4)CC3)CCC(C)(C)C2)(C2CCCC2)C1. The number of pyridine rings is 1. The number of alkyl halides is 1. The zero-order valence-corrected chi connectivity index (χ0v) is 39.3. The number of carbonyl (C=O) groups is 1. The Balaban J connectivity index is 0.934. The number of nitrogens with zero attached hydrogens (tertiary/aromatic N) is 4. The van der Waals surface area contributed by atoms with Gasteiger partial charge >= 0.3 is 0 Å². The molecule has 0 radical (unpaired) electrons. The molecule has 14 nitrogen and oxygen atoms in total. The summed E-state index contributed by atoms with van der Waals surface area (Å²) in [5.41, 5.74) is 3.39. The Labute approximate surface area is 387 Å². The number of piperazine rings is 1. The topological polar surface area (TPSA) is 172 Å². The van der Waals surface area contributed by atoms with Gasteiger partial charge in [0.2, 0.25) is 0 Å². The van der Waals surface area contributed by atoms with Gasteiger partial charge in [-0.2, -0.15) is 0 Å². The molecule has 3 N–H and O–H groups in total. The molecule has 1 amide bonds. The van der Waals surface area contributed by atoms with E-state index in [1.807, 2.05) is 11.6 Å². The minimum absolute atomic E-state index is 0.0415. The van der Waals surface area contributed by atoms with Crippen molar-refractivity contribution >= 4 is 44.0 Å². The lowest BCUT2D eigenvalue weighted by atomic mass is 9.59. The number of sulfonamides is 1. The molecule has 2 saturated carbocycles. The molecule has 5 aliphatic rings. The van der Waals surface area contributed by atoms with E-state index in [2.05, 4.69) is 50.6 Å². The predicted octanol–water partition coefficient (Wildman–Crippen LogP) is 9.94. The molecular formula is C50H64FN7O7S. The second-order valence-corrected chi connectivity index (χ2v) is 22.2. The van der Waals surface area contributed by atoms with Crippen molar-refractivity contribution in [1.29, 1.82) is 0 Å². The number of ether oxygens (including phenoxy) is 2. The molecule has 16 heteroatoms. The summed E-state index contributed by atoms with van der Waals surface area (Å²) >= 11 is 0. The number of benzene rings is 2. The first-order valence-corrected chi connectivity index (χ1v) is 25.4. The third kappa shape index (κ3) is 9.82. The number of fused-ring (bicyclic) bond motifs is 1. The molecule has 0 spiro atoms. The van der Waals surface area contributed by atoms with Gasteiger partial charge in [0.1, 0.15) is 28.5 Å². The number of halogens is 1. The number of hydrogen-bond acceptors (Lipinski definition) is 11. The quantitative estimate of drug-likeness (QED) is 0.0625. The summed E-state index contributed by atoms with van der Waals surface area (Å²) in [6.07, 6.45) is 16.7. The van der Waals surface area contributed by atoms with Gasteiger partial charge in [0.25, 0.3) is 21.6 Å². The fourth-order valence-electron chi connectivity index (χ4n) is 11.6. The van der Waals surface area contributed by atoms with E-state index in [0.717, 1.165) is 67.8 Å². The van der Waals surface area contributed by atoms with E-state index in [1.165, 1.54) is 76.5 Å². The number of amides is 1. The van der Waals surface area contributed by atoms with Crippen LogP contribution in [-0.4, -0.2) is 92.3 Å². The van der Waals surface area contributed by atoms with E-state index in [9.17, 15) is 23.3 Å². The molecule has 2 aliphatic heterocycles. The molecule has 4 aromatic rings. The summed E-state index contributed by atoms with van der Waals surface area (Å²) in [6, 6.07) is 12.0. The van der Waals surface area contributed by atoms with E-state index in [1.54, 1.807) is 36.0 Å². The fourth-order valence-corrected chi connectivity index (χ4v) is 12.6. The van der Waals surface area contributed by atoms with Crippen LogP contribution in [0.15, 0.2) is 77.0 Å². The van der Waals surface area contributed by atoms with E-state index in [-0.39, 0.29) is 49.6 Å². The van der Waals surface area contributed by atoms with Gasteiger partial charge in [-0.25, -0.2) is 22.5 Å². The third-order valence-electron chi connectivity index (χ3n) is 15.4. The highest BCUT2D eigenvalue weighted by Gasteiger charge is 2.50. The van der Waals surface area contributed by atoms with Gasteiger partial charge < -0.3 is 24.7 Å². The first kappa shape index (κ1) is 46.1. The van der Waals surface area contributed by atoms with Crippen molar-refractivity contribution in [3.05, 3.63) is 87.7 Å². The number of aromatic nitrogens is 2. The van der Waals surface area contributed by atoms with Gasteiger partial charge in [-0.3, -0.25) is 19.8 Å². The van der Waals surface area contributed by atoms with Crippen molar-refractivity contribution in [3.8, 4) is 11.5 Å². The van der Waals surface area contributed by atoms with Gasteiger partial charge in [-0.05, 0) is 110 Å². The van der Waals surface area contributed by atoms with Crippen molar-refractivity contribution in [2.24, 2.45) is 22.7 Å². The van der Waals surface area contributed by atoms with Crippen molar-refractivity contribution in [3.63, 3.8) is 0 Å². The highest BCUT2D eigenvalue weighted by Crippen LogP contribution is 2.61. The number of nitrogens with one attached hydrogen (secondary N) is 3. The second kappa shape index (κ2) is 18.6. The van der Waals surface area contributed by atoms with Gasteiger partial charge in [0, 0.05) is 94.7 Å². The lowest BCUT2D eigenvalue weighted by Gasteiger charge is -2.47. The molecule has 0 bridgehead atoms. The van der Waals surface area contributed by atoms with Gasteiger partial charge in [-0.1, -0.05) is 44.8 Å². The summed E-state index contributed by atoms with van der Waals surface area (Å²) < 4.78 is 56.5. The van der Waals surface area contributed by atoms with Crippen LogP contribution >= 0.6 is 0 Å². The minimum atomic E-state index is -4.63. The Morgan fingerprint density at radius 3 is 2.52 bits per heavy atom. The molecule has 2 unspecified atom stereocenters. The molecule has 2 aromatic heterocycles. The van der Waals surface area contributed by atoms with Crippen molar-refractivity contribution in [2.45, 2.75) is 108 Å².